The second kappa shape index (κ2) is 5.32. The van der Waals surface area contributed by atoms with E-state index < -0.39 is 0 Å². The summed E-state index contributed by atoms with van der Waals surface area (Å²) in [5.74, 6) is -0.177. The lowest BCUT2D eigenvalue weighted by Gasteiger charge is -2.30. The number of hydrogen-bond acceptors (Lipinski definition) is 4. The normalized spacial score (nSPS) is 21.9. The van der Waals surface area contributed by atoms with Gasteiger partial charge < -0.3 is 15.0 Å². The third kappa shape index (κ3) is 3.27. The number of methoxy groups -OCH3 is 1. The zero-order valence-electron chi connectivity index (χ0n) is 9.25. The Morgan fingerprint density at radius 3 is 2.57 bits per heavy atom. The molecule has 1 rings (SSSR count). The molecule has 0 amide bonds. The van der Waals surface area contributed by atoms with Crippen molar-refractivity contribution in [2.75, 3.05) is 27.2 Å². The van der Waals surface area contributed by atoms with E-state index in [2.05, 4.69) is 22.0 Å². The van der Waals surface area contributed by atoms with E-state index in [1.165, 1.54) is 7.11 Å². The number of nitrogens with one attached hydrogen (secondary N) is 1. The molecule has 0 aromatic rings. The zero-order chi connectivity index (χ0) is 10.6. The fourth-order valence-corrected chi connectivity index (χ4v) is 1.77. The molecule has 1 saturated heterocycles. The fraction of sp³-hybridized carbons (Fsp3) is 0.900. The van der Waals surface area contributed by atoms with Crippen molar-refractivity contribution in [3.8, 4) is 0 Å². The predicted molar refractivity (Wildman–Crippen MR) is 55.1 cm³/mol. The number of carbonyl (C=O) groups is 1. The SMILES string of the molecule is COC(=O)[C@H](C)NC1CCN(C)CC1. The Labute approximate surface area is 85.6 Å². The molecule has 1 aliphatic heterocycles. The van der Waals surface area contributed by atoms with Crippen LogP contribution in [0.3, 0.4) is 0 Å². The number of likely N-dealkylation sites (tertiary alicyclic amines) is 1. The van der Waals surface area contributed by atoms with Crippen molar-refractivity contribution in [3.63, 3.8) is 0 Å². The molecule has 82 valence electrons. The van der Waals surface area contributed by atoms with Crippen molar-refractivity contribution < 1.29 is 9.53 Å². The van der Waals surface area contributed by atoms with Gasteiger partial charge in [-0.2, -0.15) is 0 Å². The first-order valence-corrected chi connectivity index (χ1v) is 5.16. The summed E-state index contributed by atoms with van der Waals surface area (Å²) in [5, 5.41) is 3.29. The van der Waals surface area contributed by atoms with E-state index in [-0.39, 0.29) is 12.0 Å². The first-order chi connectivity index (χ1) is 6.63. The molecule has 0 spiro atoms. The van der Waals surface area contributed by atoms with E-state index in [9.17, 15) is 4.79 Å². The Morgan fingerprint density at radius 1 is 1.50 bits per heavy atom. The van der Waals surface area contributed by atoms with Crippen molar-refractivity contribution in [1.29, 1.82) is 0 Å². The second-order valence-electron chi connectivity index (χ2n) is 3.99. The second-order valence-corrected chi connectivity index (χ2v) is 3.99. The number of rotatable bonds is 3. The molecule has 1 fully saturated rings. The Balaban J connectivity index is 2.27. The molecule has 0 aliphatic carbocycles. The highest BCUT2D eigenvalue weighted by Gasteiger charge is 2.21. The lowest BCUT2D eigenvalue weighted by molar-refractivity contribution is -0.142. The van der Waals surface area contributed by atoms with Crippen LogP contribution >= 0.6 is 0 Å². The highest BCUT2D eigenvalue weighted by atomic mass is 16.5. The van der Waals surface area contributed by atoms with Gasteiger partial charge in [0.05, 0.1) is 7.11 Å². The van der Waals surface area contributed by atoms with E-state index in [1.54, 1.807) is 0 Å². The van der Waals surface area contributed by atoms with Crippen molar-refractivity contribution in [2.24, 2.45) is 0 Å². The van der Waals surface area contributed by atoms with Gasteiger partial charge in [0.25, 0.3) is 0 Å². The van der Waals surface area contributed by atoms with E-state index in [0.29, 0.717) is 6.04 Å². The third-order valence-corrected chi connectivity index (χ3v) is 2.76. The number of ether oxygens (including phenoxy) is 1. The van der Waals surface area contributed by atoms with Crippen LogP contribution in [-0.4, -0.2) is 50.2 Å². The first-order valence-electron chi connectivity index (χ1n) is 5.16. The van der Waals surface area contributed by atoms with Crippen LogP contribution in [0.5, 0.6) is 0 Å². The molecule has 0 aromatic carbocycles. The van der Waals surface area contributed by atoms with Crippen LogP contribution in [0.15, 0.2) is 0 Å². The van der Waals surface area contributed by atoms with Crippen LogP contribution in [0.4, 0.5) is 0 Å². The number of piperidine rings is 1. The summed E-state index contributed by atoms with van der Waals surface area (Å²) in [6, 6.07) is 0.272. The molecule has 14 heavy (non-hydrogen) atoms. The van der Waals surface area contributed by atoms with E-state index in [1.807, 2.05) is 6.92 Å². The molecular weight excluding hydrogens is 180 g/mol. The molecule has 0 saturated carbocycles. The smallest absolute Gasteiger partial charge is 0.322 e. The van der Waals surface area contributed by atoms with E-state index in [4.69, 9.17) is 0 Å². The summed E-state index contributed by atoms with van der Waals surface area (Å²) in [6.45, 7) is 4.06. The largest absolute Gasteiger partial charge is 0.468 e. The Morgan fingerprint density at radius 2 is 2.07 bits per heavy atom. The maximum atomic E-state index is 11.2. The van der Waals surface area contributed by atoms with Gasteiger partial charge in [0.1, 0.15) is 6.04 Å². The van der Waals surface area contributed by atoms with Gasteiger partial charge in [0, 0.05) is 6.04 Å². The van der Waals surface area contributed by atoms with Gasteiger partial charge in [0.15, 0.2) is 0 Å². The molecule has 4 nitrogen and oxygen atoms in total. The van der Waals surface area contributed by atoms with Gasteiger partial charge in [-0.1, -0.05) is 0 Å². The van der Waals surface area contributed by atoms with Gasteiger partial charge >= 0.3 is 5.97 Å². The highest BCUT2D eigenvalue weighted by Crippen LogP contribution is 2.08. The molecular formula is C10H20N2O2. The minimum Gasteiger partial charge on any atom is -0.468 e. The van der Waals surface area contributed by atoms with Crippen LogP contribution in [0.1, 0.15) is 19.8 Å². The molecule has 1 heterocycles. The summed E-state index contributed by atoms with van der Waals surface area (Å²) in [7, 11) is 3.55. The van der Waals surface area contributed by atoms with Gasteiger partial charge in [-0.25, -0.2) is 0 Å². The van der Waals surface area contributed by atoms with E-state index >= 15 is 0 Å². The molecule has 1 aliphatic rings. The molecule has 0 radical (unpaired) electrons. The average Bonchev–Trinajstić information content (AvgIpc) is 2.20. The molecule has 0 unspecified atom stereocenters. The van der Waals surface area contributed by atoms with Crippen LogP contribution in [-0.2, 0) is 9.53 Å². The van der Waals surface area contributed by atoms with Crippen LogP contribution in [0.2, 0.25) is 0 Å². The summed E-state index contributed by atoms with van der Waals surface area (Å²) in [5.41, 5.74) is 0. The number of carbonyl (C=O) groups excluding carboxylic acids is 1. The summed E-state index contributed by atoms with van der Waals surface area (Å²) in [4.78, 5) is 13.5. The maximum Gasteiger partial charge on any atom is 0.322 e. The van der Waals surface area contributed by atoms with Gasteiger partial charge in [0.2, 0.25) is 0 Å². The highest BCUT2D eigenvalue weighted by molar-refractivity contribution is 5.75. The van der Waals surface area contributed by atoms with E-state index in [0.717, 1.165) is 25.9 Å². The number of hydrogen-bond donors (Lipinski definition) is 1. The zero-order valence-corrected chi connectivity index (χ0v) is 9.25. The number of esters is 1. The molecule has 0 bridgehead atoms. The summed E-state index contributed by atoms with van der Waals surface area (Å²) >= 11 is 0. The molecule has 4 heteroatoms. The predicted octanol–water partition coefficient (Wildman–Crippen LogP) is 0.232. The van der Waals surface area contributed by atoms with Gasteiger partial charge in [-0.3, -0.25) is 4.79 Å². The van der Waals surface area contributed by atoms with Crippen molar-refractivity contribution >= 4 is 5.97 Å². The van der Waals surface area contributed by atoms with Crippen molar-refractivity contribution in [1.82, 2.24) is 10.2 Å². The quantitative estimate of drug-likeness (QED) is 0.662. The third-order valence-electron chi connectivity index (χ3n) is 2.76. The monoisotopic (exact) mass is 200 g/mol. The minimum atomic E-state index is -0.187. The maximum absolute atomic E-state index is 11.2. The Hall–Kier alpha value is -0.610. The summed E-state index contributed by atoms with van der Waals surface area (Å²) < 4.78 is 4.66. The average molecular weight is 200 g/mol. The molecule has 1 atom stereocenters. The van der Waals surface area contributed by atoms with Gasteiger partial charge in [-0.05, 0) is 39.9 Å². The summed E-state index contributed by atoms with van der Waals surface area (Å²) in [6.07, 6.45) is 2.22. The standard InChI is InChI=1S/C10H20N2O2/c1-8(10(13)14-3)11-9-4-6-12(2)7-5-9/h8-9,11H,4-7H2,1-3H3/t8-/m0/s1. The molecule has 1 N–H and O–H groups in total. The van der Waals surface area contributed by atoms with Crippen LogP contribution < -0.4 is 5.32 Å². The van der Waals surface area contributed by atoms with Crippen LogP contribution in [0.25, 0.3) is 0 Å². The van der Waals surface area contributed by atoms with Crippen molar-refractivity contribution in [2.45, 2.75) is 31.8 Å². The Bertz CT molecular complexity index is 189. The van der Waals surface area contributed by atoms with Crippen molar-refractivity contribution in [3.05, 3.63) is 0 Å². The fourth-order valence-electron chi connectivity index (χ4n) is 1.77. The van der Waals surface area contributed by atoms with Gasteiger partial charge in [-0.15, -0.1) is 0 Å². The first kappa shape index (κ1) is 11.5. The number of nitrogens with zero attached hydrogens (tertiary/aromatic N) is 1. The molecule has 0 aromatic heterocycles. The topological polar surface area (TPSA) is 41.6 Å². The van der Waals surface area contributed by atoms with Crippen LogP contribution in [0, 0.1) is 0 Å². The Kier molecular flexibility index (Phi) is 4.35. The minimum absolute atomic E-state index is 0.177. The lowest BCUT2D eigenvalue weighted by Crippen LogP contribution is -2.47. The lowest BCUT2D eigenvalue weighted by atomic mass is 10.0.